The number of benzene rings is 1. The minimum Gasteiger partial charge on any atom is -0.465 e. The van der Waals surface area contributed by atoms with Crippen LogP contribution in [0.2, 0.25) is 0 Å². The molecule has 0 radical (unpaired) electrons. The maximum atomic E-state index is 12.5. The Labute approximate surface area is 120 Å². The lowest BCUT2D eigenvalue weighted by Gasteiger charge is -2.28. The predicted molar refractivity (Wildman–Crippen MR) is 77.1 cm³/mol. The Morgan fingerprint density at radius 3 is 2.30 bits per heavy atom. The molecule has 0 saturated heterocycles. The number of esters is 1. The van der Waals surface area contributed by atoms with Crippen LogP contribution in [0.25, 0.3) is 0 Å². The molecule has 0 saturated carbocycles. The average molecular weight is 299 g/mol. The van der Waals surface area contributed by atoms with Crippen molar-refractivity contribution in [3.63, 3.8) is 0 Å². The highest BCUT2D eigenvalue weighted by Gasteiger charge is 2.30. The zero-order chi connectivity index (χ0) is 15.4. The van der Waals surface area contributed by atoms with E-state index in [0.29, 0.717) is 12.8 Å². The molecular weight excluding hydrogens is 278 g/mol. The number of hydrogen-bond donors (Lipinski definition) is 1. The number of hydrogen-bond acceptors (Lipinski definition) is 4. The first-order valence-corrected chi connectivity index (χ1v) is 7.99. The van der Waals surface area contributed by atoms with E-state index in [9.17, 15) is 13.2 Å². The van der Waals surface area contributed by atoms with Crippen molar-refractivity contribution in [3.05, 3.63) is 29.8 Å². The number of sulfonamides is 1. The molecule has 0 aromatic heterocycles. The molecule has 0 bridgehead atoms. The molecule has 112 valence electrons. The highest BCUT2D eigenvalue weighted by molar-refractivity contribution is 7.89. The first kappa shape index (κ1) is 16.7. The van der Waals surface area contributed by atoms with Crippen LogP contribution in [-0.4, -0.2) is 27.0 Å². The average Bonchev–Trinajstić information content (AvgIpc) is 2.45. The quantitative estimate of drug-likeness (QED) is 0.818. The van der Waals surface area contributed by atoms with Gasteiger partial charge in [0.1, 0.15) is 0 Å². The zero-order valence-electron chi connectivity index (χ0n) is 12.3. The fourth-order valence-electron chi connectivity index (χ4n) is 1.75. The second-order valence-corrected chi connectivity index (χ2v) is 6.51. The van der Waals surface area contributed by atoms with E-state index in [-0.39, 0.29) is 10.5 Å². The fourth-order valence-corrected chi connectivity index (χ4v) is 3.50. The molecule has 0 spiro atoms. The summed E-state index contributed by atoms with van der Waals surface area (Å²) in [6, 6.07) is 6.02. The van der Waals surface area contributed by atoms with E-state index in [1.807, 2.05) is 20.8 Å². The molecule has 0 aliphatic carbocycles. The molecule has 1 rings (SSSR count). The van der Waals surface area contributed by atoms with Crippen LogP contribution >= 0.6 is 0 Å². The molecule has 0 unspecified atom stereocenters. The predicted octanol–water partition coefficient (Wildman–Crippen LogP) is 2.33. The van der Waals surface area contributed by atoms with Gasteiger partial charge in [-0.3, -0.25) is 0 Å². The van der Waals surface area contributed by atoms with Gasteiger partial charge in [0.2, 0.25) is 10.0 Å². The fraction of sp³-hybridized carbons (Fsp3) is 0.500. The summed E-state index contributed by atoms with van der Waals surface area (Å²) in [6.45, 7) is 5.67. The van der Waals surface area contributed by atoms with Gasteiger partial charge in [-0.1, -0.05) is 26.0 Å². The van der Waals surface area contributed by atoms with Crippen molar-refractivity contribution in [1.82, 2.24) is 4.72 Å². The lowest BCUT2D eigenvalue weighted by Crippen LogP contribution is -2.45. The third kappa shape index (κ3) is 3.58. The summed E-state index contributed by atoms with van der Waals surface area (Å²) >= 11 is 0. The third-order valence-corrected chi connectivity index (χ3v) is 5.22. The van der Waals surface area contributed by atoms with Crippen molar-refractivity contribution in [2.45, 2.75) is 44.0 Å². The van der Waals surface area contributed by atoms with Gasteiger partial charge in [-0.15, -0.1) is 0 Å². The first-order chi connectivity index (χ1) is 9.29. The highest BCUT2D eigenvalue weighted by Crippen LogP contribution is 2.21. The van der Waals surface area contributed by atoms with Crippen LogP contribution in [0, 0.1) is 0 Å². The summed E-state index contributed by atoms with van der Waals surface area (Å²) in [4.78, 5) is 11.6. The van der Waals surface area contributed by atoms with Gasteiger partial charge in [0.15, 0.2) is 0 Å². The van der Waals surface area contributed by atoms with Gasteiger partial charge in [0, 0.05) is 5.54 Å². The van der Waals surface area contributed by atoms with Gasteiger partial charge in [-0.25, -0.2) is 17.9 Å². The van der Waals surface area contributed by atoms with Crippen LogP contribution in [0.4, 0.5) is 0 Å². The largest absolute Gasteiger partial charge is 0.465 e. The number of rotatable bonds is 6. The van der Waals surface area contributed by atoms with E-state index in [4.69, 9.17) is 0 Å². The molecule has 0 aliphatic heterocycles. The second kappa shape index (κ2) is 6.37. The van der Waals surface area contributed by atoms with Crippen molar-refractivity contribution >= 4 is 16.0 Å². The number of nitrogens with one attached hydrogen (secondary N) is 1. The van der Waals surface area contributed by atoms with Gasteiger partial charge in [0.25, 0.3) is 0 Å². The van der Waals surface area contributed by atoms with E-state index in [2.05, 4.69) is 9.46 Å². The van der Waals surface area contributed by atoms with Crippen LogP contribution in [-0.2, 0) is 14.8 Å². The Bertz CT molecular complexity index is 577. The standard InChI is InChI=1S/C14H21NO4S/c1-5-14(3,6-2)15-20(17,18)12-10-8-7-9-11(12)13(16)19-4/h7-10,15H,5-6H2,1-4H3. The Morgan fingerprint density at radius 1 is 1.25 bits per heavy atom. The SMILES string of the molecule is CCC(C)(CC)NS(=O)(=O)c1ccccc1C(=O)OC. The topological polar surface area (TPSA) is 72.5 Å². The molecule has 1 aromatic rings. The van der Waals surface area contributed by atoms with Gasteiger partial charge in [-0.2, -0.15) is 0 Å². The molecule has 0 heterocycles. The molecule has 0 fully saturated rings. The molecule has 20 heavy (non-hydrogen) atoms. The lowest BCUT2D eigenvalue weighted by atomic mass is 9.98. The monoisotopic (exact) mass is 299 g/mol. The molecule has 1 N–H and O–H groups in total. The molecule has 5 nitrogen and oxygen atoms in total. The van der Waals surface area contributed by atoms with Crippen molar-refractivity contribution in [3.8, 4) is 0 Å². The Kier molecular flexibility index (Phi) is 5.30. The van der Waals surface area contributed by atoms with Crippen molar-refractivity contribution in [1.29, 1.82) is 0 Å². The molecule has 0 amide bonds. The normalized spacial score (nSPS) is 12.2. The van der Waals surface area contributed by atoms with Gasteiger partial charge in [-0.05, 0) is 31.9 Å². The summed E-state index contributed by atoms with van der Waals surface area (Å²) < 4.78 is 32.3. The van der Waals surface area contributed by atoms with Crippen LogP contribution < -0.4 is 4.72 Å². The molecule has 6 heteroatoms. The summed E-state index contributed by atoms with van der Waals surface area (Å²) in [5.41, 5.74) is -0.501. The molecule has 1 aromatic carbocycles. The minimum atomic E-state index is -3.78. The summed E-state index contributed by atoms with van der Waals surface area (Å²) in [6.07, 6.45) is 1.31. The number of ether oxygens (including phenoxy) is 1. The molecule has 0 aliphatic rings. The smallest absolute Gasteiger partial charge is 0.339 e. The minimum absolute atomic E-state index is 0.0389. The van der Waals surface area contributed by atoms with Crippen molar-refractivity contribution < 1.29 is 17.9 Å². The first-order valence-electron chi connectivity index (χ1n) is 6.51. The Morgan fingerprint density at radius 2 is 1.80 bits per heavy atom. The van der Waals surface area contributed by atoms with Crippen molar-refractivity contribution in [2.75, 3.05) is 7.11 Å². The maximum Gasteiger partial charge on any atom is 0.339 e. The van der Waals surface area contributed by atoms with E-state index >= 15 is 0 Å². The van der Waals surface area contributed by atoms with Gasteiger partial charge >= 0.3 is 5.97 Å². The van der Waals surface area contributed by atoms with Gasteiger partial charge < -0.3 is 4.74 Å². The second-order valence-electron chi connectivity index (χ2n) is 4.86. The number of carbonyl (C=O) groups excluding carboxylic acids is 1. The van der Waals surface area contributed by atoms with Gasteiger partial charge in [0.05, 0.1) is 17.6 Å². The Hall–Kier alpha value is -1.40. The van der Waals surface area contributed by atoms with Crippen LogP contribution in [0.3, 0.4) is 0 Å². The summed E-state index contributed by atoms with van der Waals surface area (Å²) in [7, 11) is -2.56. The van der Waals surface area contributed by atoms with Crippen LogP contribution in [0.1, 0.15) is 44.0 Å². The van der Waals surface area contributed by atoms with E-state index < -0.39 is 21.5 Å². The summed E-state index contributed by atoms with van der Waals surface area (Å²) in [5, 5.41) is 0. The summed E-state index contributed by atoms with van der Waals surface area (Å²) in [5.74, 6) is -0.666. The van der Waals surface area contributed by atoms with E-state index in [1.54, 1.807) is 12.1 Å². The van der Waals surface area contributed by atoms with Crippen molar-refractivity contribution in [2.24, 2.45) is 0 Å². The van der Waals surface area contributed by atoms with Crippen LogP contribution in [0.5, 0.6) is 0 Å². The lowest BCUT2D eigenvalue weighted by molar-refractivity contribution is 0.0596. The number of carbonyl (C=O) groups is 1. The molecular formula is C14H21NO4S. The zero-order valence-corrected chi connectivity index (χ0v) is 13.1. The maximum absolute atomic E-state index is 12.5. The molecule has 0 atom stereocenters. The highest BCUT2D eigenvalue weighted by atomic mass is 32.2. The Balaban J connectivity index is 3.27. The van der Waals surface area contributed by atoms with E-state index in [1.165, 1.54) is 19.2 Å². The van der Waals surface area contributed by atoms with Crippen LogP contribution in [0.15, 0.2) is 29.2 Å². The van der Waals surface area contributed by atoms with E-state index in [0.717, 1.165) is 0 Å². The number of methoxy groups -OCH3 is 1. The third-order valence-electron chi connectivity index (χ3n) is 3.52.